The van der Waals surface area contributed by atoms with Crippen molar-refractivity contribution in [1.29, 1.82) is 0 Å². The van der Waals surface area contributed by atoms with Gasteiger partial charge in [0.05, 0.1) is 12.2 Å². The van der Waals surface area contributed by atoms with Gasteiger partial charge in [-0.05, 0) is 30.7 Å². The van der Waals surface area contributed by atoms with Crippen LogP contribution in [0.5, 0.6) is 5.75 Å². The van der Waals surface area contributed by atoms with Crippen LogP contribution in [0.15, 0.2) is 18.2 Å². The van der Waals surface area contributed by atoms with Crippen LogP contribution < -0.4 is 4.74 Å². The maximum atomic E-state index is 10.9. The number of ether oxygens (including phenoxy) is 1. The van der Waals surface area contributed by atoms with Gasteiger partial charge in [0, 0.05) is 11.4 Å². The standard InChI is InChI=1S/C13H12ClN3O3/c1-7-12(13(18)19)15-16-17(7)6-10-5-8-4-9(14)2-3-11(8)20-10/h2-4,10H,5-6H2,1H3,(H,18,19). The number of aromatic carboxylic acids is 1. The van der Waals surface area contributed by atoms with Gasteiger partial charge < -0.3 is 9.84 Å². The summed E-state index contributed by atoms with van der Waals surface area (Å²) in [7, 11) is 0. The molecular weight excluding hydrogens is 282 g/mol. The van der Waals surface area contributed by atoms with Crippen LogP contribution in [0.4, 0.5) is 0 Å². The van der Waals surface area contributed by atoms with Gasteiger partial charge in [-0.3, -0.25) is 0 Å². The highest BCUT2D eigenvalue weighted by Gasteiger charge is 2.25. The Balaban J connectivity index is 1.76. The van der Waals surface area contributed by atoms with Crippen molar-refractivity contribution in [2.24, 2.45) is 0 Å². The third-order valence-corrected chi connectivity index (χ3v) is 3.56. The number of hydrogen-bond acceptors (Lipinski definition) is 4. The van der Waals surface area contributed by atoms with Gasteiger partial charge in [-0.1, -0.05) is 16.8 Å². The van der Waals surface area contributed by atoms with Crippen LogP contribution in [-0.2, 0) is 13.0 Å². The summed E-state index contributed by atoms with van der Waals surface area (Å²) in [6.45, 7) is 2.14. The van der Waals surface area contributed by atoms with Crippen LogP contribution >= 0.6 is 11.6 Å². The topological polar surface area (TPSA) is 77.2 Å². The van der Waals surface area contributed by atoms with Gasteiger partial charge in [0.15, 0.2) is 5.69 Å². The zero-order chi connectivity index (χ0) is 14.3. The van der Waals surface area contributed by atoms with E-state index in [9.17, 15) is 4.79 Å². The highest BCUT2D eigenvalue weighted by atomic mass is 35.5. The van der Waals surface area contributed by atoms with Crippen LogP contribution in [0.1, 0.15) is 21.7 Å². The fraction of sp³-hybridized carbons (Fsp3) is 0.308. The first-order chi connectivity index (χ1) is 9.54. The molecule has 0 spiro atoms. The second kappa shape index (κ2) is 4.79. The summed E-state index contributed by atoms with van der Waals surface area (Å²) in [5.41, 5.74) is 1.55. The van der Waals surface area contributed by atoms with Crippen LogP contribution in [-0.4, -0.2) is 32.2 Å². The van der Waals surface area contributed by atoms with E-state index in [1.807, 2.05) is 12.1 Å². The Labute approximate surface area is 119 Å². The molecule has 0 amide bonds. The van der Waals surface area contributed by atoms with E-state index in [0.717, 1.165) is 17.7 Å². The second-order valence-electron chi connectivity index (χ2n) is 4.71. The van der Waals surface area contributed by atoms with Crippen molar-refractivity contribution >= 4 is 17.6 Å². The molecule has 1 aromatic heterocycles. The predicted molar refractivity (Wildman–Crippen MR) is 71.3 cm³/mol. The third-order valence-electron chi connectivity index (χ3n) is 3.33. The van der Waals surface area contributed by atoms with Gasteiger partial charge in [-0.2, -0.15) is 0 Å². The number of hydrogen-bond donors (Lipinski definition) is 1. The zero-order valence-electron chi connectivity index (χ0n) is 10.7. The smallest absolute Gasteiger partial charge is 0.358 e. The van der Waals surface area contributed by atoms with Gasteiger partial charge in [-0.15, -0.1) is 5.10 Å². The fourth-order valence-corrected chi connectivity index (χ4v) is 2.51. The lowest BCUT2D eigenvalue weighted by molar-refractivity contribution is 0.0689. The molecule has 104 valence electrons. The number of fused-ring (bicyclic) bond motifs is 1. The molecule has 6 nitrogen and oxygen atoms in total. The summed E-state index contributed by atoms with van der Waals surface area (Å²) in [6.07, 6.45) is 0.628. The van der Waals surface area contributed by atoms with Crippen LogP contribution in [0, 0.1) is 6.92 Å². The van der Waals surface area contributed by atoms with E-state index in [4.69, 9.17) is 21.4 Å². The lowest BCUT2D eigenvalue weighted by Crippen LogP contribution is -2.22. The molecule has 7 heteroatoms. The number of carboxylic acids is 1. The summed E-state index contributed by atoms with van der Waals surface area (Å²) in [6, 6.07) is 5.51. The molecule has 2 heterocycles. The lowest BCUT2D eigenvalue weighted by Gasteiger charge is -2.11. The molecule has 0 bridgehead atoms. The summed E-state index contributed by atoms with van der Waals surface area (Å²) < 4.78 is 7.35. The Bertz CT molecular complexity index is 683. The second-order valence-corrected chi connectivity index (χ2v) is 5.14. The number of rotatable bonds is 3. The molecule has 0 radical (unpaired) electrons. The fourth-order valence-electron chi connectivity index (χ4n) is 2.32. The summed E-state index contributed by atoms with van der Waals surface area (Å²) in [5.74, 6) is -0.258. The van der Waals surface area contributed by atoms with E-state index in [2.05, 4.69) is 10.3 Å². The number of benzene rings is 1. The molecule has 1 aliphatic heterocycles. The van der Waals surface area contributed by atoms with E-state index >= 15 is 0 Å². The SMILES string of the molecule is Cc1c(C(=O)O)nnn1CC1Cc2cc(Cl)ccc2O1. The molecule has 1 aliphatic rings. The minimum atomic E-state index is -1.07. The summed E-state index contributed by atoms with van der Waals surface area (Å²) >= 11 is 5.95. The molecule has 1 atom stereocenters. The van der Waals surface area contributed by atoms with Crippen molar-refractivity contribution in [3.05, 3.63) is 40.2 Å². The van der Waals surface area contributed by atoms with E-state index in [1.54, 1.807) is 17.7 Å². The van der Waals surface area contributed by atoms with Crippen molar-refractivity contribution in [2.75, 3.05) is 0 Å². The molecule has 1 unspecified atom stereocenters. The first-order valence-electron chi connectivity index (χ1n) is 6.13. The average Bonchev–Trinajstić information content (AvgIpc) is 2.93. The highest BCUT2D eigenvalue weighted by Crippen LogP contribution is 2.31. The number of carbonyl (C=O) groups is 1. The molecule has 1 aromatic carbocycles. The molecule has 1 N–H and O–H groups in total. The van der Waals surface area contributed by atoms with Crippen LogP contribution in [0.3, 0.4) is 0 Å². The zero-order valence-corrected chi connectivity index (χ0v) is 11.5. The summed E-state index contributed by atoms with van der Waals surface area (Å²) in [5, 5.41) is 17.1. The van der Waals surface area contributed by atoms with E-state index in [1.165, 1.54) is 0 Å². The Kier molecular flexibility index (Phi) is 3.10. The third kappa shape index (κ3) is 2.22. The Hall–Kier alpha value is -2.08. The number of halogens is 1. The molecule has 0 saturated heterocycles. The quantitative estimate of drug-likeness (QED) is 0.936. The van der Waals surface area contributed by atoms with Gasteiger partial charge in [0.2, 0.25) is 0 Å². The normalized spacial score (nSPS) is 16.8. The van der Waals surface area contributed by atoms with Gasteiger partial charge in [0.25, 0.3) is 0 Å². The minimum absolute atomic E-state index is 0.0245. The monoisotopic (exact) mass is 293 g/mol. The van der Waals surface area contributed by atoms with Crippen LogP contribution in [0.2, 0.25) is 5.02 Å². The Morgan fingerprint density at radius 1 is 1.60 bits per heavy atom. The number of carboxylic acid groups (broad SMARTS) is 1. The number of nitrogens with zero attached hydrogens (tertiary/aromatic N) is 3. The van der Waals surface area contributed by atoms with Crippen molar-refractivity contribution in [2.45, 2.75) is 26.0 Å². The lowest BCUT2D eigenvalue weighted by atomic mass is 10.1. The Morgan fingerprint density at radius 3 is 3.10 bits per heavy atom. The molecule has 2 aromatic rings. The first-order valence-corrected chi connectivity index (χ1v) is 6.51. The highest BCUT2D eigenvalue weighted by molar-refractivity contribution is 6.30. The maximum Gasteiger partial charge on any atom is 0.358 e. The Morgan fingerprint density at radius 2 is 2.40 bits per heavy atom. The predicted octanol–water partition coefficient (Wildman–Crippen LogP) is 1.94. The molecular formula is C13H12ClN3O3. The maximum absolute atomic E-state index is 10.9. The van der Waals surface area contributed by atoms with Gasteiger partial charge in [0.1, 0.15) is 11.9 Å². The molecule has 3 rings (SSSR count). The van der Waals surface area contributed by atoms with E-state index in [0.29, 0.717) is 17.3 Å². The molecule has 0 fully saturated rings. The minimum Gasteiger partial charge on any atom is -0.488 e. The number of aromatic nitrogens is 3. The van der Waals surface area contributed by atoms with E-state index < -0.39 is 5.97 Å². The average molecular weight is 294 g/mol. The van der Waals surface area contributed by atoms with Crippen molar-refractivity contribution in [3.8, 4) is 5.75 Å². The van der Waals surface area contributed by atoms with Gasteiger partial charge in [-0.25, -0.2) is 9.48 Å². The summed E-state index contributed by atoms with van der Waals surface area (Å²) in [4.78, 5) is 10.9. The largest absolute Gasteiger partial charge is 0.488 e. The van der Waals surface area contributed by atoms with Crippen molar-refractivity contribution < 1.29 is 14.6 Å². The van der Waals surface area contributed by atoms with Gasteiger partial charge >= 0.3 is 5.97 Å². The molecule has 0 saturated carbocycles. The van der Waals surface area contributed by atoms with E-state index in [-0.39, 0.29) is 11.8 Å². The van der Waals surface area contributed by atoms with Crippen molar-refractivity contribution in [1.82, 2.24) is 15.0 Å². The molecule has 0 aliphatic carbocycles. The molecule has 20 heavy (non-hydrogen) atoms. The first kappa shape index (κ1) is 12.9. The van der Waals surface area contributed by atoms with Crippen LogP contribution in [0.25, 0.3) is 0 Å². The van der Waals surface area contributed by atoms with Crippen molar-refractivity contribution in [3.63, 3.8) is 0 Å².